The molecule has 2 nitrogen and oxygen atoms in total. The van der Waals surface area contributed by atoms with E-state index in [1.165, 1.54) is 5.69 Å². The quantitative estimate of drug-likeness (QED) is 0.612. The summed E-state index contributed by atoms with van der Waals surface area (Å²) in [5.74, 6) is 1.07. The zero-order valence-electron chi connectivity index (χ0n) is 9.20. The number of aromatic nitrogens is 2. The van der Waals surface area contributed by atoms with E-state index >= 15 is 0 Å². The molecule has 0 aliphatic heterocycles. The summed E-state index contributed by atoms with van der Waals surface area (Å²) in [5.41, 5.74) is 2.45. The second-order valence-corrected chi connectivity index (χ2v) is 4.39. The molecule has 74 valence electrons. The van der Waals surface area contributed by atoms with Crippen LogP contribution in [0.25, 0.3) is 6.08 Å². The molecule has 0 atom stereocenters. The van der Waals surface area contributed by atoms with Gasteiger partial charge in [-0.3, -0.25) is 0 Å². The lowest BCUT2D eigenvalue weighted by Gasteiger charge is -2.21. The number of hydrogen-bond donors (Lipinski definition) is 0. The lowest BCUT2D eigenvalue weighted by Crippen LogP contribution is -2.18. The lowest BCUT2D eigenvalue weighted by molar-refractivity contribution is 0.601. The van der Waals surface area contributed by atoms with Gasteiger partial charge in [0.05, 0.1) is 11.4 Å². The third-order valence-electron chi connectivity index (χ3n) is 2.83. The fourth-order valence-electron chi connectivity index (χ4n) is 2.04. The summed E-state index contributed by atoms with van der Waals surface area (Å²) in [5, 5.41) is 0. The first kappa shape index (κ1) is 9.25. The van der Waals surface area contributed by atoms with Crippen molar-refractivity contribution in [3.05, 3.63) is 35.4 Å². The van der Waals surface area contributed by atoms with Crippen LogP contribution in [-0.2, 0) is 12.5 Å². The van der Waals surface area contributed by atoms with Crippen LogP contribution in [0.15, 0.2) is 18.2 Å². The Balaban J connectivity index is 2.72. The van der Waals surface area contributed by atoms with Gasteiger partial charge >= 0.3 is 0 Å². The van der Waals surface area contributed by atoms with Gasteiger partial charge in [-0.05, 0) is 13.0 Å². The molecule has 0 radical (unpaired) electrons. The molecule has 0 aromatic carbocycles. The molecule has 0 unspecified atom stereocenters. The number of imidazole rings is 1. The van der Waals surface area contributed by atoms with Gasteiger partial charge in [-0.1, -0.05) is 32.1 Å². The molecule has 0 bridgehead atoms. The van der Waals surface area contributed by atoms with Crippen molar-refractivity contribution in [1.29, 1.82) is 0 Å². The van der Waals surface area contributed by atoms with E-state index in [2.05, 4.69) is 54.8 Å². The van der Waals surface area contributed by atoms with Crippen molar-refractivity contribution >= 4 is 6.08 Å². The SMILES string of the molecule is Cc1nc2c(n1C)C(C)(C)C=CC=C2. The number of hydrogen-bond acceptors (Lipinski definition) is 1. The summed E-state index contributed by atoms with van der Waals surface area (Å²) in [7, 11) is 2.08. The van der Waals surface area contributed by atoms with Gasteiger partial charge in [-0.2, -0.15) is 0 Å². The minimum absolute atomic E-state index is 0.0643. The minimum Gasteiger partial charge on any atom is -0.334 e. The summed E-state index contributed by atoms with van der Waals surface area (Å²) in [6.07, 6.45) is 8.45. The summed E-state index contributed by atoms with van der Waals surface area (Å²) >= 11 is 0. The molecule has 0 saturated carbocycles. The van der Waals surface area contributed by atoms with Gasteiger partial charge in [0.2, 0.25) is 0 Å². The number of allylic oxidation sites excluding steroid dienone is 3. The Morgan fingerprint density at radius 1 is 1.29 bits per heavy atom. The van der Waals surface area contributed by atoms with Crippen LogP contribution in [0.1, 0.15) is 31.1 Å². The van der Waals surface area contributed by atoms with Crippen LogP contribution in [0.4, 0.5) is 0 Å². The van der Waals surface area contributed by atoms with Crippen molar-refractivity contribution < 1.29 is 0 Å². The fraction of sp³-hybridized carbons (Fsp3) is 0.417. The third kappa shape index (κ3) is 1.22. The third-order valence-corrected chi connectivity index (χ3v) is 2.83. The highest BCUT2D eigenvalue weighted by Gasteiger charge is 2.26. The summed E-state index contributed by atoms with van der Waals surface area (Å²) in [4.78, 5) is 4.54. The largest absolute Gasteiger partial charge is 0.334 e. The molecule has 1 aliphatic rings. The van der Waals surface area contributed by atoms with Crippen LogP contribution in [-0.4, -0.2) is 9.55 Å². The van der Waals surface area contributed by atoms with E-state index in [-0.39, 0.29) is 5.41 Å². The summed E-state index contributed by atoms with van der Waals surface area (Å²) < 4.78 is 2.18. The molecule has 0 spiro atoms. The molecule has 0 saturated heterocycles. The van der Waals surface area contributed by atoms with Crippen molar-refractivity contribution in [3.8, 4) is 0 Å². The predicted octanol–water partition coefficient (Wildman–Crippen LogP) is 2.59. The second-order valence-electron chi connectivity index (χ2n) is 4.39. The Labute approximate surface area is 85.0 Å². The molecule has 0 amide bonds. The Hall–Kier alpha value is -1.31. The maximum absolute atomic E-state index is 4.54. The number of rotatable bonds is 0. The van der Waals surface area contributed by atoms with E-state index < -0.39 is 0 Å². The maximum Gasteiger partial charge on any atom is 0.106 e. The van der Waals surface area contributed by atoms with Crippen LogP contribution in [0, 0.1) is 6.92 Å². The van der Waals surface area contributed by atoms with Gasteiger partial charge < -0.3 is 4.57 Å². The van der Waals surface area contributed by atoms with Crippen LogP contribution < -0.4 is 0 Å². The Morgan fingerprint density at radius 2 is 2.00 bits per heavy atom. The second kappa shape index (κ2) is 2.84. The zero-order chi connectivity index (χ0) is 10.3. The number of fused-ring (bicyclic) bond motifs is 1. The normalized spacial score (nSPS) is 18.0. The first-order chi connectivity index (χ1) is 6.52. The van der Waals surface area contributed by atoms with Crippen LogP contribution in [0.3, 0.4) is 0 Å². The highest BCUT2D eigenvalue weighted by Crippen LogP contribution is 2.30. The molecular weight excluding hydrogens is 172 g/mol. The molecule has 14 heavy (non-hydrogen) atoms. The molecule has 2 rings (SSSR count). The molecule has 2 heteroatoms. The molecule has 1 aromatic heterocycles. The van der Waals surface area contributed by atoms with Gasteiger partial charge in [0.1, 0.15) is 5.82 Å². The molecular formula is C12H16N2. The van der Waals surface area contributed by atoms with Gasteiger partial charge in [-0.15, -0.1) is 0 Å². The zero-order valence-corrected chi connectivity index (χ0v) is 9.20. The first-order valence-electron chi connectivity index (χ1n) is 4.92. The maximum atomic E-state index is 4.54. The number of aryl methyl sites for hydroxylation is 1. The van der Waals surface area contributed by atoms with Gasteiger partial charge in [0, 0.05) is 12.5 Å². The molecule has 0 N–H and O–H groups in total. The van der Waals surface area contributed by atoms with Crippen molar-refractivity contribution in [1.82, 2.24) is 9.55 Å². The summed E-state index contributed by atoms with van der Waals surface area (Å²) in [6.45, 7) is 6.48. The van der Waals surface area contributed by atoms with Crippen molar-refractivity contribution in [2.75, 3.05) is 0 Å². The predicted molar refractivity (Wildman–Crippen MR) is 59.1 cm³/mol. The van der Waals surface area contributed by atoms with E-state index in [0.717, 1.165) is 11.5 Å². The van der Waals surface area contributed by atoms with Crippen LogP contribution >= 0.6 is 0 Å². The van der Waals surface area contributed by atoms with E-state index in [1.54, 1.807) is 0 Å². The van der Waals surface area contributed by atoms with E-state index in [0.29, 0.717) is 0 Å². The highest BCUT2D eigenvalue weighted by molar-refractivity contribution is 5.55. The Morgan fingerprint density at radius 3 is 2.71 bits per heavy atom. The smallest absolute Gasteiger partial charge is 0.106 e. The topological polar surface area (TPSA) is 17.8 Å². The number of nitrogens with zero attached hydrogens (tertiary/aromatic N) is 2. The van der Waals surface area contributed by atoms with E-state index in [1.807, 2.05) is 6.92 Å². The Bertz CT molecular complexity index is 420. The van der Waals surface area contributed by atoms with Crippen molar-refractivity contribution in [2.45, 2.75) is 26.2 Å². The van der Waals surface area contributed by atoms with Gasteiger partial charge in [0.15, 0.2) is 0 Å². The first-order valence-corrected chi connectivity index (χ1v) is 4.92. The molecule has 1 aromatic rings. The van der Waals surface area contributed by atoms with Crippen LogP contribution in [0.5, 0.6) is 0 Å². The van der Waals surface area contributed by atoms with Gasteiger partial charge in [0.25, 0.3) is 0 Å². The monoisotopic (exact) mass is 188 g/mol. The minimum atomic E-state index is 0.0643. The Kier molecular flexibility index (Phi) is 1.88. The van der Waals surface area contributed by atoms with Crippen LogP contribution in [0.2, 0.25) is 0 Å². The highest BCUT2D eigenvalue weighted by atomic mass is 15.1. The summed E-state index contributed by atoms with van der Waals surface area (Å²) in [6, 6.07) is 0. The standard InChI is InChI=1S/C12H16N2/c1-9-13-10-7-5-6-8-12(2,3)11(10)14(9)4/h5-8H,1-4H3. The van der Waals surface area contributed by atoms with Gasteiger partial charge in [-0.25, -0.2) is 4.98 Å². The molecule has 1 heterocycles. The fourth-order valence-corrected chi connectivity index (χ4v) is 2.04. The lowest BCUT2D eigenvalue weighted by atomic mass is 9.88. The average molecular weight is 188 g/mol. The molecule has 0 fully saturated rings. The molecule has 1 aliphatic carbocycles. The average Bonchev–Trinajstić information content (AvgIpc) is 2.27. The van der Waals surface area contributed by atoms with E-state index in [9.17, 15) is 0 Å². The van der Waals surface area contributed by atoms with Crippen molar-refractivity contribution in [2.24, 2.45) is 7.05 Å². The van der Waals surface area contributed by atoms with E-state index in [4.69, 9.17) is 0 Å². The van der Waals surface area contributed by atoms with Crippen molar-refractivity contribution in [3.63, 3.8) is 0 Å².